The van der Waals surface area contributed by atoms with Gasteiger partial charge in [-0.3, -0.25) is 9.59 Å². The van der Waals surface area contributed by atoms with Gasteiger partial charge in [-0.15, -0.1) is 0 Å². The van der Waals surface area contributed by atoms with E-state index in [2.05, 4.69) is 5.10 Å². The predicted molar refractivity (Wildman–Crippen MR) is 78.4 cm³/mol. The molecule has 0 bridgehead atoms. The number of amides is 2. The van der Waals surface area contributed by atoms with Gasteiger partial charge < -0.3 is 14.5 Å². The minimum absolute atomic E-state index is 0.177. The molecule has 0 spiro atoms. The zero-order chi connectivity index (χ0) is 16.1. The molecule has 2 heterocycles. The number of rotatable bonds is 3. The van der Waals surface area contributed by atoms with Gasteiger partial charge >= 0.3 is 6.09 Å². The first-order chi connectivity index (χ1) is 10.5. The van der Waals surface area contributed by atoms with E-state index in [1.807, 2.05) is 0 Å². The van der Waals surface area contributed by atoms with Crippen LogP contribution in [0.1, 0.15) is 19.9 Å². The molecule has 0 radical (unpaired) electrons. The molecule has 22 heavy (non-hydrogen) atoms. The van der Waals surface area contributed by atoms with Crippen molar-refractivity contribution in [3.05, 3.63) is 28.7 Å². The lowest BCUT2D eigenvalue weighted by atomic mass is 10.2. The monoisotopic (exact) mass is 308 g/mol. The number of piperazine rings is 1. The van der Waals surface area contributed by atoms with Gasteiger partial charge in [0.2, 0.25) is 5.91 Å². The fourth-order valence-corrected chi connectivity index (χ4v) is 2.35. The quantitative estimate of drug-likeness (QED) is 0.791. The van der Waals surface area contributed by atoms with Crippen LogP contribution in [-0.2, 0) is 9.53 Å². The molecular weight excluding hydrogens is 288 g/mol. The summed E-state index contributed by atoms with van der Waals surface area (Å²) in [5.41, 5.74) is -0.312. The van der Waals surface area contributed by atoms with Crippen LogP contribution in [0, 0.1) is 0 Å². The van der Waals surface area contributed by atoms with E-state index in [9.17, 15) is 14.4 Å². The lowest BCUT2D eigenvalue weighted by molar-refractivity contribution is -0.136. The number of aromatic nitrogens is 2. The summed E-state index contributed by atoms with van der Waals surface area (Å²) in [6.07, 6.45) is 1.12. The van der Waals surface area contributed by atoms with Crippen LogP contribution < -0.4 is 5.56 Å². The minimum atomic E-state index is -0.664. The van der Waals surface area contributed by atoms with Gasteiger partial charge in [-0.2, -0.15) is 5.10 Å². The first-order valence-corrected chi connectivity index (χ1v) is 7.29. The summed E-state index contributed by atoms with van der Waals surface area (Å²) in [4.78, 5) is 39.0. The molecule has 2 rings (SSSR count). The summed E-state index contributed by atoms with van der Waals surface area (Å²) < 4.78 is 6.10. The van der Waals surface area contributed by atoms with Crippen LogP contribution in [-0.4, -0.2) is 64.4 Å². The van der Waals surface area contributed by atoms with Crippen molar-refractivity contribution in [3.63, 3.8) is 0 Å². The molecule has 8 heteroatoms. The van der Waals surface area contributed by atoms with Crippen LogP contribution in [0.25, 0.3) is 0 Å². The molecule has 1 fully saturated rings. The maximum Gasteiger partial charge on any atom is 0.409 e. The zero-order valence-electron chi connectivity index (χ0n) is 12.8. The number of ether oxygens (including phenoxy) is 1. The standard InChI is InChI=1S/C14H20N4O4/c1-3-22-14(21)17-9-7-16(8-10-17)13(20)11(2)18-12(19)5-4-6-15-18/h4-6,11H,3,7-10H2,1-2H3. The molecule has 1 unspecified atom stereocenters. The lowest BCUT2D eigenvalue weighted by Crippen LogP contribution is -2.52. The minimum Gasteiger partial charge on any atom is -0.450 e. The van der Waals surface area contributed by atoms with E-state index in [-0.39, 0.29) is 17.6 Å². The summed E-state index contributed by atoms with van der Waals surface area (Å²) >= 11 is 0. The lowest BCUT2D eigenvalue weighted by Gasteiger charge is -2.35. The SMILES string of the molecule is CCOC(=O)N1CCN(C(=O)C(C)n2ncccc2=O)CC1. The number of hydrogen-bond donors (Lipinski definition) is 0. The largest absolute Gasteiger partial charge is 0.450 e. The highest BCUT2D eigenvalue weighted by molar-refractivity contribution is 5.80. The first-order valence-electron chi connectivity index (χ1n) is 7.29. The molecule has 1 aromatic rings. The summed E-state index contributed by atoms with van der Waals surface area (Å²) in [7, 11) is 0. The molecule has 0 aromatic carbocycles. The molecule has 1 aliphatic heterocycles. The fourth-order valence-electron chi connectivity index (χ4n) is 2.35. The van der Waals surface area contributed by atoms with Gasteiger partial charge in [-0.05, 0) is 19.9 Å². The van der Waals surface area contributed by atoms with Crippen molar-refractivity contribution in [2.75, 3.05) is 32.8 Å². The number of carbonyl (C=O) groups excluding carboxylic acids is 2. The van der Waals surface area contributed by atoms with Crippen LogP contribution >= 0.6 is 0 Å². The van der Waals surface area contributed by atoms with Crippen LogP contribution in [0.15, 0.2) is 23.1 Å². The van der Waals surface area contributed by atoms with E-state index in [4.69, 9.17) is 4.74 Å². The Hall–Kier alpha value is -2.38. The Morgan fingerprint density at radius 3 is 2.50 bits per heavy atom. The van der Waals surface area contributed by atoms with Crippen molar-refractivity contribution in [2.24, 2.45) is 0 Å². The molecule has 8 nitrogen and oxygen atoms in total. The molecule has 1 saturated heterocycles. The Morgan fingerprint density at radius 1 is 1.27 bits per heavy atom. The summed E-state index contributed by atoms with van der Waals surface area (Å²) in [6.45, 7) is 5.42. The smallest absolute Gasteiger partial charge is 0.409 e. The van der Waals surface area contributed by atoms with E-state index in [0.29, 0.717) is 32.8 Å². The molecule has 1 atom stereocenters. The summed E-state index contributed by atoms with van der Waals surface area (Å²) in [5.74, 6) is -0.177. The maximum atomic E-state index is 12.4. The molecule has 0 aliphatic carbocycles. The number of nitrogens with zero attached hydrogens (tertiary/aromatic N) is 4. The first kappa shape index (κ1) is 16.0. The molecule has 120 valence electrons. The molecule has 0 N–H and O–H groups in total. The van der Waals surface area contributed by atoms with Crippen molar-refractivity contribution in [3.8, 4) is 0 Å². The molecule has 1 aliphatic rings. The fraction of sp³-hybridized carbons (Fsp3) is 0.571. The van der Waals surface area contributed by atoms with E-state index in [0.717, 1.165) is 0 Å². The van der Waals surface area contributed by atoms with E-state index in [1.165, 1.54) is 23.0 Å². The highest BCUT2D eigenvalue weighted by Crippen LogP contribution is 2.10. The topological polar surface area (TPSA) is 84.7 Å². The molecule has 1 aromatic heterocycles. The second kappa shape index (κ2) is 7.06. The molecule has 0 saturated carbocycles. The van der Waals surface area contributed by atoms with E-state index >= 15 is 0 Å². The second-order valence-corrected chi connectivity index (χ2v) is 4.99. The van der Waals surface area contributed by atoms with Crippen molar-refractivity contribution >= 4 is 12.0 Å². The van der Waals surface area contributed by atoms with Gasteiger partial charge in [0, 0.05) is 38.4 Å². The van der Waals surface area contributed by atoms with Crippen LogP contribution in [0.5, 0.6) is 0 Å². The Labute approximate surface area is 128 Å². The summed E-state index contributed by atoms with van der Waals surface area (Å²) in [6, 6.07) is 2.24. The Kier molecular flexibility index (Phi) is 5.13. The van der Waals surface area contributed by atoms with Crippen molar-refractivity contribution in [1.29, 1.82) is 0 Å². The van der Waals surface area contributed by atoms with Gasteiger partial charge in [-0.1, -0.05) is 0 Å². The Balaban J connectivity index is 1.96. The van der Waals surface area contributed by atoms with Crippen molar-refractivity contribution in [1.82, 2.24) is 19.6 Å². The number of hydrogen-bond acceptors (Lipinski definition) is 5. The highest BCUT2D eigenvalue weighted by atomic mass is 16.6. The van der Waals surface area contributed by atoms with Crippen molar-refractivity contribution < 1.29 is 14.3 Å². The van der Waals surface area contributed by atoms with Gasteiger partial charge in [0.25, 0.3) is 5.56 Å². The van der Waals surface area contributed by atoms with E-state index < -0.39 is 6.04 Å². The second-order valence-electron chi connectivity index (χ2n) is 4.99. The van der Waals surface area contributed by atoms with Crippen LogP contribution in [0.4, 0.5) is 4.79 Å². The average molecular weight is 308 g/mol. The van der Waals surface area contributed by atoms with Gasteiger partial charge in [-0.25, -0.2) is 9.48 Å². The van der Waals surface area contributed by atoms with E-state index in [1.54, 1.807) is 23.6 Å². The normalized spacial score (nSPS) is 16.3. The van der Waals surface area contributed by atoms with Crippen LogP contribution in [0.2, 0.25) is 0 Å². The maximum absolute atomic E-state index is 12.4. The average Bonchev–Trinajstić information content (AvgIpc) is 2.54. The third kappa shape index (κ3) is 3.44. The van der Waals surface area contributed by atoms with Crippen LogP contribution in [0.3, 0.4) is 0 Å². The van der Waals surface area contributed by atoms with Gasteiger partial charge in [0.15, 0.2) is 0 Å². The third-order valence-corrected chi connectivity index (χ3v) is 3.58. The van der Waals surface area contributed by atoms with Gasteiger partial charge in [0.1, 0.15) is 6.04 Å². The van der Waals surface area contributed by atoms with Crippen molar-refractivity contribution in [2.45, 2.75) is 19.9 Å². The van der Waals surface area contributed by atoms with Gasteiger partial charge in [0.05, 0.1) is 6.61 Å². The predicted octanol–water partition coefficient (Wildman–Crippen LogP) is 0.105. The zero-order valence-corrected chi connectivity index (χ0v) is 12.8. The Morgan fingerprint density at radius 2 is 1.91 bits per heavy atom. The summed E-state index contributed by atoms with van der Waals surface area (Å²) in [5, 5.41) is 3.93. The highest BCUT2D eigenvalue weighted by Gasteiger charge is 2.28. The Bertz CT molecular complexity index is 593. The molecular formula is C14H20N4O4. The number of carbonyl (C=O) groups is 2. The third-order valence-electron chi connectivity index (χ3n) is 3.58. The molecule has 2 amide bonds.